The van der Waals surface area contributed by atoms with Gasteiger partial charge < -0.3 is 0 Å². The SMILES string of the molecule is C[P+]1(C)P(C2CCCCC2)P(C2CCCCC2)P(C2CCCCC2)P1C1CCCCC1. The molecular weight excluding hydrogens is 467 g/mol. The highest BCUT2D eigenvalue weighted by Gasteiger charge is 2.68. The van der Waals surface area contributed by atoms with Crippen LogP contribution in [0.2, 0.25) is 0 Å². The van der Waals surface area contributed by atoms with E-state index in [-0.39, 0.29) is 0 Å². The van der Waals surface area contributed by atoms with Crippen LogP contribution in [0.15, 0.2) is 0 Å². The summed E-state index contributed by atoms with van der Waals surface area (Å²) in [5, 5.41) is 0. The highest BCUT2D eigenvalue weighted by Crippen LogP contribution is 3.28. The second kappa shape index (κ2) is 11.5. The minimum atomic E-state index is -0.709. The van der Waals surface area contributed by atoms with Gasteiger partial charge in [0, 0.05) is 11.3 Å². The van der Waals surface area contributed by atoms with Gasteiger partial charge in [0.05, 0.1) is 34.6 Å². The average molecular weight is 518 g/mol. The van der Waals surface area contributed by atoms with E-state index in [4.69, 9.17) is 0 Å². The molecule has 4 unspecified atom stereocenters. The zero-order chi connectivity index (χ0) is 21.3. The quantitative estimate of drug-likeness (QED) is 0.325. The molecule has 5 heteroatoms. The summed E-state index contributed by atoms with van der Waals surface area (Å²) in [6, 6.07) is 0. The lowest BCUT2D eigenvalue weighted by molar-refractivity contribution is 0.507. The van der Waals surface area contributed by atoms with Gasteiger partial charge in [-0.3, -0.25) is 0 Å². The lowest BCUT2D eigenvalue weighted by Crippen LogP contribution is -2.16. The van der Waals surface area contributed by atoms with E-state index in [9.17, 15) is 0 Å². The van der Waals surface area contributed by atoms with Crippen molar-refractivity contribution in [2.75, 3.05) is 13.3 Å². The Bertz CT molecular complexity index is 508. The molecule has 0 amide bonds. The van der Waals surface area contributed by atoms with Crippen molar-refractivity contribution in [2.24, 2.45) is 0 Å². The number of hydrogen-bond donors (Lipinski definition) is 0. The fourth-order valence-electron chi connectivity index (χ4n) is 7.78. The Kier molecular flexibility index (Phi) is 9.19. The van der Waals surface area contributed by atoms with Gasteiger partial charge in [-0.25, -0.2) is 0 Å². The van der Waals surface area contributed by atoms with Crippen LogP contribution in [-0.2, 0) is 0 Å². The van der Waals surface area contributed by atoms with Crippen LogP contribution in [0.3, 0.4) is 0 Å². The van der Waals surface area contributed by atoms with E-state index in [1.165, 1.54) is 22.6 Å². The van der Waals surface area contributed by atoms with E-state index >= 15 is 0 Å². The van der Waals surface area contributed by atoms with Crippen molar-refractivity contribution in [1.82, 2.24) is 0 Å². The highest BCUT2D eigenvalue weighted by molar-refractivity contribution is 9.12. The van der Waals surface area contributed by atoms with Gasteiger partial charge in [-0.2, -0.15) is 0 Å². The smallest absolute Gasteiger partial charge is 0.0533 e. The fourth-order valence-corrected chi connectivity index (χ4v) is 98.5. The van der Waals surface area contributed by atoms with Crippen molar-refractivity contribution in [3.63, 3.8) is 0 Å². The third kappa shape index (κ3) is 5.32. The molecule has 4 atom stereocenters. The van der Waals surface area contributed by atoms with E-state index in [1.807, 2.05) is 0 Å². The van der Waals surface area contributed by atoms with Crippen LogP contribution in [-0.4, -0.2) is 36.0 Å². The molecule has 1 heterocycles. The monoisotopic (exact) mass is 517 g/mol. The van der Waals surface area contributed by atoms with E-state index in [2.05, 4.69) is 13.3 Å². The predicted octanol–water partition coefficient (Wildman–Crippen LogP) is 12.1. The van der Waals surface area contributed by atoms with Crippen LogP contribution >= 0.6 is 35.8 Å². The van der Waals surface area contributed by atoms with Crippen LogP contribution in [0.25, 0.3) is 0 Å². The molecule has 0 radical (unpaired) electrons. The standard InChI is InChI=1S/C26H50P5/c1-31(2)29(25-19-11-5-12-20-25)27(23-15-7-3-8-16-23)28(24-17-9-4-10-18-24)30(31)26-21-13-6-14-22-26/h23-26H,3-22H2,1-2H3/q+1. The maximum atomic E-state index is 3.02. The summed E-state index contributed by atoms with van der Waals surface area (Å²) < 4.78 is 0. The molecule has 4 aliphatic carbocycles. The van der Waals surface area contributed by atoms with Gasteiger partial charge in [0.15, 0.2) is 0 Å². The Balaban J connectivity index is 1.54. The summed E-state index contributed by atoms with van der Waals surface area (Å²) in [7, 11) is 1.66. The van der Waals surface area contributed by atoms with Crippen LogP contribution in [0.5, 0.6) is 0 Å². The van der Waals surface area contributed by atoms with Crippen molar-refractivity contribution in [2.45, 2.75) is 151 Å². The Morgan fingerprint density at radius 2 is 0.645 bits per heavy atom. The average Bonchev–Trinajstić information content (AvgIpc) is 3.08. The number of hydrogen-bond acceptors (Lipinski definition) is 0. The second-order valence-electron chi connectivity index (χ2n) is 11.8. The topological polar surface area (TPSA) is 0 Å². The number of rotatable bonds is 4. The van der Waals surface area contributed by atoms with Crippen LogP contribution < -0.4 is 0 Å². The summed E-state index contributed by atoms with van der Waals surface area (Å²) in [5.74, 6) is 0. The van der Waals surface area contributed by atoms with Gasteiger partial charge >= 0.3 is 0 Å². The molecule has 31 heavy (non-hydrogen) atoms. The van der Waals surface area contributed by atoms with Crippen LogP contribution in [0.1, 0.15) is 128 Å². The minimum Gasteiger partial charge on any atom is -0.0533 e. The molecule has 5 rings (SSSR count). The summed E-state index contributed by atoms with van der Waals surface area (Å²) in [6.07, 6.45) is 32.4. The molecule has 0 aromatic heterocycles. The molecular formula is C26H50P5+. The summed E-state index contributed by atoms with van der Waals surface area (Å²) in [4.78, 5) is 0. The first-order chi connectivity index (χ1) is 15.2. The summed E-state index contributed by atoms with van der Waals surface area (Å²) in [6.45, 7) is 5.34. The first-order valence-electron chi connectivity index (χ1n) is 14.2. The Morgan fingerprint density at radius 3 is 0.935 bits per heavy atom. The van der Waals surface area contributed by atoms with Gasteiger partial charge in [0.2, 0.25) is 0 Å². The van der Waals surface area contributed by atoms with E-state index < -0.39 is 6.64 Å². The minimum absolute atomic E-state index is 0.412. The summed E-state index contributed by atoms with van der Waals surface area (Å²) in [5.41, 5.74) is 4.98. The third-order valence-corrected chi connectivity index (χ3v) is 63.1. The maximum Gasteiger partial charge on any atom is 0.0891 e. The molecule has 0 N–H and O–H groups in total. The molecule has 5 aliphatic rings. The van der Waals surface area contributed by atoms with E-state index in [0.717, 1.165) is 0 Å². The molecule has 0 bridgehead atoms. The van der Waals surface area contributed by atoms with Gasteiger partial charge in [-0.1, -0.05) is 77.0 Å². The lowest BCUT2D eigenvalue weighted by Gasteiger charge is -2.41. The molecule has 5 fully saturated rings. The zero-order valence-electron chi connectivity index (χ0n) is 20.7. The molecule has 1 aliphatic heterocycles. The first-order valence-corrected chi connectivity index (χ1v) is 26.0. The zero-order valence-corrected chi connectivity index (χ0v) is 25.2. The molecule has 0 nitrogen and oxygen atoms in total. The molecule has 1 saturated heterocycles. The first kappa shape index (κ1) is 24.8. The third-order valence-electron chi connectivity index (χ3n) is 9.24. The van der Waals surface area contributed by atoms with Crippen LogP contribution in [0, 0.1) is 0 Å². The van der Waals surface area contributed by atoms with Gasteiger partial charge in [-0.15, -0.1) is 0 Å². The van der Waals surface area contributed by atoms with Crippen LogP contribution in [0.4, 0.5) is 0 Å². The molecule has 4 saturated carbocycles. The van der Waals surface area contributed by atoms with E-state index in [0.29, 0.717) is 29.2 Å². The maximum absolute atomic E-state index is 3.02. The predicted molar refractivity (Wildman–Crippen MR) is 154 cm³/mol. The molecule has 0 spiro atoms. The normalized spacial score (nSPS) is 39.7. The Labute approximate surface area is 199 Å². The Hall–Kier alpha value is 2.15. The van der Waals surface area contributed by atoms with E-state index in [1.54, 1.807) is 128 Å². The largest absolute Gasteiger partial charge is 0.0891 e. The van der Waals surface area contributed by atoms with Gasteiger partial charge in [-0.05, 0) is 77.3 Å². The van der Waals surface area contributed by atoms with Crippen molar-refractivity contribution in [1.29, 1.82) is 0 Å². The van der Waals surface area contributed by atoms with Crippen molar-refractivity contribution in [3.05, 3.63) is 0 Å². The van der Waals surface area contributed by atoms with Crippen molar-refractivity contribution >= 4 is 35.8 Å². The van der Waals surface area contributed by atoms with Gasteiger partial charge in [0.1, 0.15) is 0 Å². The van der Waals surface area contributed by atoms with Crippen molar-refractivity contribution in [3.8, 4) is 0 Å². The molecule has 0 aromatic carbocycles. The lowest BCUT2D eigenvalue weighted by atomic mass is 10.0. The summed E-state index contributed by atoms with van der Waals surface area (Å²) >= 11 is 0. The van der Waals surface area contributed by atoms with Gasteiger partial charge in [0.25, 0.3) is 0 Å². The fraction of sp³-hybridized carbons (Fsp3) is 1.00. The molecule has 0 aromatic rings. The highest BCUT2D eigenvalue weighted by atomic mass is 33.0. The molecule has 178 valence electrons. The second-order valence-corrected chi connectivity index (χ2v) is 41.0. The van der Waals surface area contributed by atoms with Crippen molar-refractivity contribution < 1.29 is 0 Å². The Morgan fingerprint density at radius 1 is 0.387 bits per heavy atom.